The van der Waals surface area contributed by atoms with E-state index in [2.05, 4.69) is 5.32 Å². The van der Waals surface area contributed by atoms with Crippen LogP contribution in [0.3, 0.4) is 0 Å². The average Bonchev–Trinajstić information content (AvgIpc) is 2.70. The molecule has 0 aromatic carbocycles. The second kappa shape index (κ2) is 5.50. The molecule has 0 aliphatic rings. The van der Waals surface area contributed by atoms with Crippen molar-refractivity contribution in [3.63, 3.8) is 0 Å². The van der Waals surface area contributed by atoms with E-state index in [1.165, 1.54) is 11.3 Å². The van der Waals surface area contributed by atoms with E-state index in [0.717, 1.165) is 0 Å². The summed E-state index contributed by atoms with van der Waals surface area (Å²) in [4.78, 5) is 22.7. The zero-order chi connectivity index (χ0) is 11.3. The molecule has 0 bridgehead atoms. The van der Waals surface area contributed by atoms with Crippen molar-refractivity contribution in [1.82, 2.24) is 5.32 Å². The lowest BCUT2D eigenvalue weighted by Gasteiger charge is -2.11. The Bertz CT molecular complexity index is 334. The van der Waals surface area contributed by atoms with Crippen molar-refractivity contribution in [1.29, 1.82) is 0 Å². The standard InChI is InChI=1S/C10H13NO3S/c1-3-14-10(13)7(2)11-9(12)8-4-5-15-6-8/h4-7H,3H2,1-2H3,(H,11,12). The number of esters is 1. The van der Waals surface area contributed by atoms with Gasteiger partial charge in [-0.2, -0.15) is 11.3 Å². The fourth-order valence-corrected chi connectivity index (χ4v) is 1.64. The van der Waals surface area contributed by atoms with Crippen LogP contribution in [0.4, 0.5) is 0 Å². The minimum atomic E-state index is -0.614. The molecule has 5 heteroatoms. The SMILES string of the molecule is CCOC(=O)C(C)NC(=O)c1ccsc1. The normalized spacial score (nSPS) is 11.9. The van der Waals surface area contributed by atoms with Crippen LogP contribution in [-0.2, 0) is 9.53 Å². The van der Waals surface area contributed by atoms with Gasteiger partial charge in [-0.15, -0.1) is 0 Å². The number of amides is 1. The summed E-state index contributed by atoms with van der Waals surface area (Å²) in [6, 6.07) is 1.09. The van der Waals surface area contributed by atoms with E-state index in [9.17, 15) is 9.59 Å². The Balaban J connectivity index is 2.48. The van der Waals surface area contributed by atoms with Crippen LogP contribution in [0.2, 0.25) is 0 Å². The quantitative estimate of drug-likeness (QED) is 0.792. The second-order valence-corrected chi connectivity index (χ2v) is 3.74. The molecule has 0 aliphatic carbocycles. The molecule has 1 atom stereocenters. The van der Waals surface area contributed by atoms with Crippen LogP contribution in [0.15, 0.2) is 16.8 Å². The average molecular weight is 227 g/mol. The van der Waals surface area contributed by atoms with Gasteiger partial charge in [0.2, 0.25) is 0 Å². The van der Waals surface area contributed by atoms with Crippen molar-refractivity contribution < 1.29 is 14.3 Å². The maximum Gasteiger partial charge on any atom is 0.328 e. The molecular weight excluding hydrogens is 214 g/mol. The van der Waals surface area contributed by atoms with Gasteiger partial charge in [-0.1, -0.05) is 0 Å². The molecule has 0 fully saturated rings. The van der Waals surface area contributed by atoms with Crippen molar-refractivity contribution in [3.8, 4) is 0 Å². The van der Waals surface area contributed by atoms with Crippen molar-refractivity contribution in [2.45, 2.75) is 19.9 Å². The third-order valence-corrected chi connectivity index (χ3v) is 2.45. The molecule has 1 amide bonds. The molecule has 1 heterocycles. The van der Waals surface area contributed by atoms with Crippen molar-refractivity contribution >= 4 is 23.2 Å². The summed E-state index contributed by atoms with van der Waals surface area (Å²) in [5, 5.41) is 6.10. The Morgan fingerprint density at radius 1 is 1.60 bits per heavy atom. The molecule has 0 radical (unpaired) electrons. The van der Waals surface area contributed by atoms with Crippen LogP contribution < -0.4 is 5.32 Å². The third-order valence-electron chi connectivity index (χ3n) is 1.77. The summed E-state index contributed by atoms with van der Waals surface area (Å²) < 4.78 is 4.77. The van der Waals surface area contributed by atoms with Gasteiger partial charge >= 0.3 is 5.97 Å². The Labute approximate surface area is 92.2 Å². The molecule has 82 valence electrons. The molecule has 1 unspecified atom stereocenters. The third kappa shape index (κ3) is 3.36. The van der Waals surface area contributed by atoms with Gasteiger partial charge in [-0.05, 0) is 25.3 Å². The lowest BCUT2D eigenvalue weighted by Crippen LogP contribution is -2.39. The fourth-order valence-electron chi connectivity index (χ4n) is 1.000. The highest BCUT2D eigenvalue weighted by molar-refractivity contribution is 7.08. The van der Waals surface area contributed by atoms with Crippen LogP contribution in [0, 0.1) is 0 Å². The number of thiophene rings is 1. The first-order chi connectivity index (χ1) is 7.15. The molecule has 1 aromatic heterocycles. The van der Waals surface area contributed by atoms with Gasteiger partial charge in [0.25, 0.3) is 5.91 Å². The van der Waals surface area contributed by atoms with Crippen LogP contribution in [-0.4, -0.2) is 24.5 Å². The van der Waals surface area contributed by atoms with E-state index in [-0.39, 0.29) is 5.91 Å². The second-order valence-electron chi connectivity index (χ2n) is 2.96. The lowest BCUT2D eigenvalue weighted by molar-refractivity contribution is -0.144. The maximum absolute atomic E-state index is 11.5. The van der Waals surface area contributed by atoms with Crippen LogP contribution >= 0.6 is 11.3 Å². The van der Waals surface area contributed by atoms with Gasteiger partial charge < -0.3 is 10.1 Å². The molecule has 4 nitrogen and oxygen atoms in total. The molecule has 1 aromatic rings. The molecular formula is C10H13NO3S. The number of rotatable bonds is 4. The summed E-state index contributed by atoms with van der Waals surface area (Å²) in [6.07, 6.45) is 0. The highest BCUT2D eigenvalue weighted by atomic mass is 32.1. The first kappa shape index (κ1) is 11.7. The number of hydrogen-bond donors (Lipinski definition) is 1. The van der Waals surface area contributed by atoms with E-state index in [1.54, 1.807) is 25.3 Å². The van der Waals surface area contributed by atoms with E-state index < -0.39 is 12.0 Å². The summed E-state index contributed by atoms with van der Waals surface area (Å²) in [5.41, 5.74) is 0.566. The van der Waals surface area contributed by atoms with E-state index in [4.69, 9.17) is 4.74 Å². The zero-order valence-electron chi connectivity index (χ0n) is 8.65. The first-order valence-corrected chi connectivity index (χ1v) is 5.59. The molecule has 1 N–H and O–H groups in total. The van der Waals surface area contributed by atoms with Gasteiger partial charge in [0.05, 0.1) is 12.2 Å². The van der Waals surface area contributed by atoms with Crippen LogP contribution in [0.25, 0.3) is 0 Å². The topological polar surface area (TPSA) is 55.4 Å². The van der Waals surface area contributed by atoms with Crippen molar-refractivity contribution in [2.75, 3.05) is 6.61 Å². The Morgan fingerprint density at radius 3 is 2.87 bits per heavy atom. The van der Waals surface area contributed by atoms with Gasteiger partial charge in [0, 0.05) is 5.38 Å². The number of hydrogen-bond acceptors (Lipinski definition) is 4. The molecule has 1 rings (SSSR count). The van der Waals surface area contributed by atoms with Crippen molar-refractivity contribution in [2.24, 2.45) is 0 Å². The monoisotopic (exact) mass is 227 g/mol. The van der Waals surface area contributed by atoms with Crippen molar-refractivity contribution in [3.05, 3.63) is 22.4 Å². The summed E-state index contributed by atoms with van der Waals surface area (Å²) in [6.45, 7) is 3.64. The van der Waals surface area contributed by atoms with Crippen LogP contribution in [0.1, 0.15) is 24.2 Å². The molecule has 0 saturated carbocycles. The number of nitrogens with one attached hydrogen (secondary N) is 1. The summed E-state index contributed by atoms with van der Waals surface area (Å²) in [7, 11) is 0. The zero-order valence-corrected chi connectivity index (χ0v) is 9.47. The molecule has 15 heavy (non-hydrogen) atoms. The summed E-state index contributed by atoms with van der Waals surface area (Å²) >= 11 is 1.44. The molecule has 0 aliphatic heterocycles. The van der Waals surface area contributed by atoms with E-state index >= 15 is 0 Å². The predicted octanol–water partition coefficient (Wildman–Crippen LogP) is 1.43. The maximum atomic E-state index is 11.5. The highest BCUT2D eigenvalue weighted by Crippen LogP contribution is 2.05. The Morgan fingerprint density at radius 2 is 2.33 bits per heavy atom. The van der Waals surface area contributed by atoms with Gasteiger partial charge in [-0.3, -0.25) is 4.79 Å². The summed E-state index contributed by atoms with van der Waals surface area (Å²) in [5.74, 6) is -0.669. The van der Waals surface area contributed by atoms with E-state index in [1.807, 2.05) is 5.38 Å². The largest absolute Gasteiger partial charge is 0.464 e. The smallest absolute Gasteiger partial charge is 0.328 e. The minimum Gasteiger partial charge on any atom is -0.464 e. The fraction of sp³-hybridized carbons (Fsp3) is 0.400. The number of carbonyl (C=O) groups is 2. The minimum absolute atomic E-state index is 0.253. The van der Waals surface area contributed by atoms with Gasteiger partial charge in [0.1, 0.15) is 6.04 Å². The van der Waals surface area contributed by atoms with Gasteiger partial charge in [0.15, 0.2) is 0 Å². The molecule has 0 saturated heterocycles. The number of ether oxygens (including phenoxy) is 1. The highest BCUT2D eigenvalue weighted by Gasteiger charge is 2.17. The predicted molar refractivity (Wildman–Crippen MR) is 57.9 cm³/mol. The Hall–Kier alpha value is -1.36. The van der Waals surface area contributed by atoms with E-state index in [0.29, 0.717) is 12.2 Å². The molecule has 0 spiro atoms. The van der Waals surface area contributed by atoms with Gasteiger partial charge in [-0.25, -0.2) is 4.79 Å². The Kier molecular flexibility index (Phi) is 4.30. The van der Waals surface area contributed by atoms with Crippen LogP contribution in [0.5, 0.6) is 0 Å². The first-order valence-electron chi connectivity index (χ1n) is 4.64. The lowest BCUT2D eigenvalue weighted by atomic mass is 10.3. The number of carbonyl (C=O) groups excluding carboxylic acids is 2.